The maximum absolute atomic E-state index is 12.6. The number of ether oxygens (including phenoxy) is 1. The molecule has 3 rings (SSSR count). The number of carboxylic acids is 1. The molecule has 10 heteroatoms. The largest absolute Gasteiger partial charge is 0.490 e. The minimum atomic E-state index is -5.08. The Morgan fingerprint density at radius 1 is 1.32 bits per heavy atom. The van der Waals surface area contributed by atoms with Crippen molar-refractivity contribution >= 4 is 23.2 Å². The lowest BCUT2D eigenvalue weighted by molar-refractivity contribution is -0.192. The van der Waals surface area contributed by atoms with E-state index in [1.807, 2.05) is 22.4 Å². The van der Waals surface area contributed by atoms with Crippen molar-refractivity contribution in [2.45, 2.75) is 25.9 Å². The Hall–Kier alpha value is -1.65. The molecule has 3 heterocycles. The molecule has 1 spiro atoms. The van der Waals surface area contributed by atoms with Gasteiger partial charge in [0.15, 0.2) is 0 Å². The second-order valence-electron chi connectivity index (χ2n) is 7.03. The summed E-state index contributed by atoms with van der Waals surface area (Å²) in [4.78, 5) is 26.9. The lowest BCUT2D eigenvalue weighted by Crippen LogP contribution is -2.52. The van der Waals surface area contributed by atoms with E-state index >= 15 is 0 Å². The van der Waals surface area contributed by atoms with Crippen molar-refractivity contribution in [2.75, 3.05) is 45.9 Å². The molecule has 0 saturated carbocycles. The van der Waals surface area contributed by atoms with Gasteiger partial charge in [-0.15, -0.1) is 11.3 Å². The summed E-state index contributed by atoms with van der Waals surface area (Å²) in [6.07, 6.45) is -2.84. The van der Waals surface area contributed by atoms with Gasteiger partial charge in [-0.3, -0.25) is 4.79 Å². The van der Waals surface area contributed by atoms with E-state index in [9.17, 15) is 18.0 Å². The Labute approximate surface area is 165 Å². The predicted octanol–water partition coefficient (Wildman–Crippen LogP) is 2.96. The van der Waals surface area contributed by atoms with E-state index in [0.29, 0.717) is 0 Å². The fourth-order valence-corrected chi connectivity index (χ4v) is 4.23. The van der Waals surface area contributed by atoms with Gasteiger partial charge < -0.3 is 19.6 Å². The maximum atomic E-state index is 12.6. The van der Waals surface area contributed by atoms with Gasteiger partial charge in [-0.05, 0) is 30.8 Å². The van der Waals surface area contributed by atoms with Gasteiger partial charge >= 0.3 is 12.1 Å². The van der Waals surface area contributed by atoms with Gasteiger partial charge in [-0.25, -0.2) is 4.79 Å². The van der Waals surface area contributed by atoms with Crippen LogP contribution in [0.1, 0.15) is 29.4 Å². The molecule has 0 radical (unpaired) electrons. The molecule has 1 atom stereocenters. The molecular weight excluding hydrogens is 397 g/mol. The normalized spacial score (nSPS) is 23.6. The first-order valence-electron chi connectivity index (χ1n) is 9.10. The highest BCUT2D eigenvalue weighted by molar-refractivity contribution is 7.12. The lowest BCUT2D eigenvalue weighted by Gasteiger charge is -2.43. The summed E-state index contributed by atoms with van der Waals surface area (Å²) in [5, 5.41) is 9.10. The summed E-state index contributed by atoms with van der Waals surface area (Å²) in [5.41, 5.74) is 0.123. The molecule has 28 heavy (non-hydrogen) atoms. The molecule has 2 aliphatic rings. The molecule has 2 fully saturated rings. The van der Waals surface area contributed by atoms with Crippen LogP contribution >= 0.6 is 11.3 Å². The van der Waals surface area contributed by atoms with Crippen molar-refractivity contribution in [1.29, 1.82) is 0 Å². The molecule has 2 saturated heterocycles. The molecule has 1 N–H and O–H groups in total. The standard InChI is InChI=1S/C16H24N2O2S.C2HF3O2/c1-2-17-8-9-20-13-16(11-17)6-4-7-18(12-16)15(19)14-5-3-10-21-14;3-2(4,5)1(6)7/h3,5,10H,2,4,6-9,11-13H2,1H3;(H,6,7). The van der Waals surface area contributed by atoms with Crippen molar-refractivity contribution in [3.05, 3.63) is 22.4 Å². The van der Waals surface area contributed by atoms with Crippen LogP contribution < -0.4 is 0 Å². The van der Waals surface area contributed by atoms with E-state index in [0.717, 1.165) is 63.7 Å². The van der Waals surface area contributed by atoms with Crippen LogP contribution in [-0.2, 0) is 9.53 Å². The summed E-state index contributed by atoms with van der Waals surface area (Å²) in [6, 6.07) is 3.88. The van der Waals surface area contributed by atoms with Gasteiger partial charge in [0.25, 0.3) is 5.91 Å². The number of nitrogens with zero attached hydrogens (tertiary/aromatic N) is 2. The third kappa shape index (κ3) is 6.18. The first-order chi connectivity index (χ1) is 13.2. The molecule has 0 aromatic carbocycles. The van der Waals surface area contributed by atoms with E-state index < -0.39 is 12.1 Å². The number of alkyl halides is 3. The molecule has 0 bridgehead atoms. The van der Waals surface area contributed by atoms with E-state index in [4.69, 9.17) is 14.6 Å². The number of thiophene rings is 1. The number of carboxylic acid groups (broad SMARTS) is 1. The number of carbonyl (C=O) groups excluding carboxylic acids is 1. The SMILES string of the molecule is CCN1CCOCC2(CCCN(C(=O)c3cccs3)C2)C1.O=C(O)C(F)(F)F. The molecule has 1 unspecified atom stereocenters. The highest BCUT2D eigenvalue weighted by atomic mass is 32.1. The zero-order chi connectivity index (χ0) is 20.8. The average molecular weight is 422 g/mol. The number of amides is 1. The van der Waals surface area contributed by atoms with Crippen LogP contribution in [0.2, 0.25) is 0 Å². The fourth-order valence-electron chi connectivity index (χ4n) is 3.54. The van der Waals surface area contributed by atoms with Crippen molar-refractivity contribution in [2.24, 2.45) is 5.41 Å². The second-order valence-corrected chi connectivity index (χ2v) is 7.98. The Morgan fingerprint density at radius 2 is 2.04 bits per heavy atom. The van der Waals surface area contributed by atoms with Gasteiger partial charge in [0.1, 0.15) is 0 Å². The minimum Gasteiger partial charge on any atom is -0.475 e. The summed E-state index contributed by atoms with van der Waals surface area (Å²) < 4.78 is 37.6. The van der Waals surface area contributed by atoms with Gasteiger partial charge in [-0.2, -0.15) is 13.2 Å². The summed E-state index contributed by atoms with van der Waals surface area (Å²) in [5.74, 6) is -2.57. The fraction of sp³-hybridized carbons (Fsp3) is 0.667. The van der Waals surface area contributed by atoms with E-state index in [2.05, 4.69) is 11.8 Å². The monoisotopic (exact) mass is 422 g/mol. The Kier molecular flexibility index (Phi) is 7.85. The third-order valence-corrected chi connectivity index (χ3v) is 5.75. The number of aliphatic carboxylic acids is 1. The number of likely N-dealkylation sites (N-methyl/N-ethyl adjacent to an activating group) is 1. The van der Waals surface area contributed by atoms with Crippen LogP contribution in [0.15, 0.2) is 17.5 Å². The number of piperidine rings is 1. The Bertz CT molecular complexity index is 654. The number of hydrogen-bond acceptors (Lipinski definition) is 5. The van der Waals surface area contributed by atoms with Gasteiger partial charge in [0.2, 0.25) is 0 Å². The summed E-state index contributed by atoms with van der Waals surface area (Å²) in [7, 11) is 0. The lowest BCUT2D eigenvalue weighted by atomic mass is 9.80. The minimum absolute atomic E-state index is 0.123. The van der Waals surface area contributed by atoms with Crippen LogP contribution in [-0.4, -0.2) is 78.9 Å². The molecule has 6 nitrogen and oxygen atoms in total. The van der Waals surface area contributed by atoms with Crippen molar-refractivity contribution in [3.63, 3.8) is 0 Å². The molecule has 2 aliphatic heterocycles. The zero-order valence-electron chi connectivity index (χ0n) is 15.7. The maximum Gasteiger partial charge on any atom is 0.490 e. The van der Waals surface area contributed by atoms with Gasteiger partial charge in [-0.1, -0.05) is 13.0 Å². The number of halogens is 3. The van der Waals surface area contributed by atoms with Crippen molar-refractivity contribution in [3.8, 4) is 0 Å². The quantitative estimate of drug-likeness (QED) is 0.794. The van der Waals surface area contributed by atoms with Gasteiger partial charge in [0.05, 0.1) is 18.1 Å². The number of rotatable bonds is 2. The van der Waals surface area contributed by atoms with Crippen LogP contribution in [0.25, 0.3) is 0 Å². The second kappa shape index (κ2) is 9.71. The van der Waals surface area contributed by atoms with Crippen molar-refractivity contribution in [1.82, 2.24) is 9.80 Å². The van der Waals surface area contributed by atoms with Crippen LogP contribution in [0.5, 0.6) is 0 Å². The molecule has 158 valence electrons. The van der Waals surface area contributed by atoms with Crippen LogP contribution in [0.4, 0.5) is 13.2 Å². The van der Waals surface area contributed by atoms with Crippen LogP contribution in [0, 0.1) is 5.41 Å². The molecular formula is C18H25F3N2O4S. The predicted molar refractivity (Wildman–Crippen MR) is 98.5 cm³/mol. The molecule has 0 aliphatic carbocycles. The average Bonchev–Trinajstić information content (AvgIpc) is 3.11. The Balaban J connectivity index is 0.000000345. The third-order valence-electron chi connectivity index (χ3n) is 4.89. The number of hydrogen-bond donors (Lipinski definition) is 1. The zero-order valence-corrected chi connectivity index (χ0v) is 16.5. The van der Waals surface area contributed by atoms with E-state index in [1.165, 1.54) is 11.3 Å². The number of carbonyl (C=O) groups is 2. The van der Waals surface area contributed by atoms with E-state index in [1.54, 1.807) is 0 Å². The Morgan fingerprint density at radius 3 is 2.61 bits per heavy atom. The topological polar surface area (TPSA) is 70.1 Å². The van der Waals surface area contributed by atoms with Crippen molar-refractivity contribution < 1.29 is 32.6 Å². The van der Waals surface area contributed by atoms with E-state index in [-0.39, 0.29) is 11.3 Å². The number of likely N-dealkylation sites (tertiary alicyclic amines) is 1. The first kappa shape index (κ1) is 22.6. The summed E-state index contributed by atoms with van der Waals surface area (Å²) in [6.45, 7) is 8.65. The summed E-state index contributed by atoms with van der Waals surface area (Å²) >= 11 is 1.54. The molecule has 1 aromatic heterocycles. The highest BCUT2D eigenvalue weighted by Gasteiger charge is 2.40. The molecule has 1 amide bonds. The molecule has 1 aromatic rings. The highest BCUT2D eigenvalue weighted by Crippen LogP contribution is 2.33. The first-order valence-corrected chi connectivity index (χ1v) is 9.98. The van der Waals surface area contributed by atoms with Gasteiger partial charge in [0, 0.05) is 31.6 Å². The smallest absolute Gasteiger partial charge is 0.475 e. The van der Waals surface area contributed by atoms with Crippen LogP contribution in [0.3, 0.4) is 0 Å².